The third-order valence-corrected chi connectivity index (χ3v) is 5.18. The van der Waals surface area contributed by atoms with Crippen LogP contribution in [0, 0.1) is 0 Å². The number of rotatable bonds is 20. The first-order valence-corrected chi connectivity index (χ1v) is 12.0. The summed E-state index contributed by atoms with van der Waals surface area (Å²) in [5.74, 6) is 0. The summed E-state index contributed by atoms with van der Waals surface area (Å²) in [6.45, 7) is 2.30. The van der Waals surface area contributed by atoms with Gasteiger partial charge in [-0.1, -0.05) is 116 Å². The molecule has 0 aromatic rings. The Morgan fingerprint density at radius 1 is 0.593 bits per heavy atom. The zero-order valence-corrected chi connectivity index (χ0v) is 20.8. The topological polar surface area (TPSA) is 97.9 Å². The van der Waals surface area contributed by atoms with Crippen LogP contribution in [0.3, 0.4) is 0 Å². The van der Waals surface area contributed by atoms with Crippen molar-refractivity contribution in [3.63, 3.8) is 0 Å². The first-order valence-electron chi connectivity index (χ1n) is 10.7. The van der Waals surface area contributed by atoms with Gasteiger partial charge in [-0.15, -0.1) is 0 Å². The van der Waals surface area contributed by atoms with Crippen molar-refractivity contribution >= 4 is 10.4 Å². The second-order valence-corrected chi connectivity index (χ2v) is 8.29. The summed E-state index contributed by atoms with van der Waals surface area (Å²) in [6, 6.07) is 0. The summed E-state index contributed by atoms with van der Waals surface area (Å²) in [7, 11) is -4.50. The van der Waals surface area contributed by atoms with E-state index in [1.54, 1.807) is 0 Å². The Kier molecular flexibility index (Phi) is 29.9. The van der Waals surface area contributed by atoms with Crippen LogP contribution in [-0.4, -0.2) is 25.1 Å². The van der Waals surface area contributed by atoms with Gasteiger partial charge in [-0.05, 0) is 6.42 Å². The molecule has 7 heteroatoms. The number of hydrogen-bond acceptors (Lipinski definition) is 4. The van der Waals surface area contributed by atoms with Crippen molar-refractivity contribution < 1.29 is 52.2 Å². The minimum atomic E-state index is -4.50. The van der Waals surface area contributed by atoms with Crippen LogP contribution >= 0.6 is 0 Å². The van der Waals surface area contributed by atoms with Gasteiger partial charge < -0.3 is 10.0 Å². The maximum absolute atomic E-state index is 10.2. The minimum Gasteiger partial charge on any atom is -0.726 e. The molecule has 0 rings (SSSR count). The van der Waals surface area contributed by atoms with Crippen molar-refractivity contribution in [1.29, 1.82) is 0 Å². The van der Waals surface area contributed by atoms with Crippen molar-refractivity contribution in [3.8, 4) is 0 Å². The van der Waals surface area contributed by atoms with Crippen LogP contribution in [0.1, 0.15) is 122 Å². The molecule has 0 fully saturated rings. The van der Waals surface area contributed by atoms with E-state index in [0.29, 0.717) is 6.42 Å². The fourth-order valence-electron chi connectivity index (χ4n) is 3.16. The zero-order valence-electron chi connectivity index (χ0n) is 18.0. The second kappa shape index (κ2) is 24.9. The first-order chi connectivity index (χ1) is 12.1. The molecule has 0 saturated heterocycles. The predicted octanol–water partition coefficient (Wildman–Crippen LogP) is 2.68. The molecule has 5 nitrogen and oxygen atoms in total. The maximum atomic E-state index is 10.2. The summed E-state index contributed by atoms with van der Waals surface area (Å²) in [5.41, 5.74) is 0. The smallest absolute Gasteiger partial charge is 0.726 e. The second-order valence-electron chi connectivity index (χ2n) is 7.24. The van der Waals surface area contributed by atoms with Crippen LogP contribution in [0.5, 0.6) is 0 Å². The van der Waals surface area contributed by atoms with E-state index < -0.39 is 10.4 Å². The van der Waals surface area contributed by atoms with Gasteiger partial charge in [0.05, 0.1) is 6.61 Å². The summed E-state index contributed by atoms with van der Waals surface area (Å²) in [5, 5.41) is 0. The van der Waals surface area contributed by atoms with Gasteiger partial charge in [0.25, 0.3) is 0 Å². The average molecular weight is 419 g/mol. The molecule has 0 aromatic carbocycles. The molecule has 27 heavy (non-hydrogen) atoms. The van der Waals surface area contributed by atoms with E-state index in [-0.39, 0.29) is 41.6 Å². The molecule has 0 unspecified atom stereocenters. The zero-order chi connectivity index (χ0) is 18.6. The third kappa shape index (κ3) is 31.7. The Morgan fingerprint density at radius 2 is 0.852 bits per heavy atom. The van der Waals surface area contributed by atoms with Gasteiger partial charge >= 0.3 is 29.6 Å². The van der Waals surface area contributed by atoms with Crippen LogP contribution in [0.2, 0.25) is 0 Å². The van der Waals surface area contributed by atoms with Crippen molar-refractivity contribution in [2.75, 3.05) is 6.61 Å². The summed E-state index contributed by atoms with van der Waals surface area (Å²) < 4.78 is 34.9. The van der Waals surface area contributed by atoms with Crippen LogP contribution in [0.15, 0.2) is 0 Å². The Morgan fingerprint density at radius 3 is 1.11 bits per heavy atom. The normalized spacial score (nSPS) is 11.0. The van der Waals surface area contributed by atoms with Gasteiger partial charge in [-0.25, -0.2) is 8.42 Å². The molecule has 0 aliphatic heterocycles. The molecule has 160 valence electrons. The van der Waals surface area contributed by atoms with Gasteiger partial charge in [0.1, 0.15) is 0 Å². The van der Waals surface area contributed by atoms with E-state index in [4.69, 9.17) is 0 Å². The van der Waals surface area contributed by atoms with Crippen LogP contribution < -0.4 is 29.6 Å². The SMILES string of the molecule is CCCCCCCCCCCCCCCCCCCCOS(=O)(=O)[O-].O.[Na+]. The van der Waals surface area contributed by atoms with E-state index in [1.807, 2.05) is 0 Å². The molecular weight excluding hydrogens is 375 g/mol. The Bertz CT molecular complexity index is 363. The summed E-state index contributed by atoms with van der Waals surface area (Å²) in [6.07, 6.45) is 23.2. The average Bonchev–Trinajstić information content (AvgIpc) is 2.56. The van der Waals surface area contributed by atoms with E-state index >= 15 is 0 Å². The molecule has 0 radical (unpaired) electrons. The minimum absolute atomic E-state index is 0. The molecule has 0 spiro atoms. The van der Waals surface area contributed by atoms with E-state index in [2.05, 4.69) is 11.1 Å². The summed E-state index contributed by atoms with van der Waals surface area (Å²) >= 11 is 0. The molecule has 0 aromatic heterocycles. The van der Waals surface area contributed by atoms with Crippen molar-refractivity contribution in [1.82, 2.24) is 0 Å². The molecule has 2 N–H and O–H groups in total. The molecular formula is C20H43NaO5S. The van der Waals surface area contributed by atoms with Crippen molar-refractivity contribution in [2.45, 2.75) is 122 Å². The summed E-state index contributed by atoms with van der Waals surface area (Å²) in [4.78, 5) is 0. The van der Waals surface area contributed by atoms with E-state index in [9.17, 15) is 13.0 Å². The predicted molar refractivity (Wildman–Crippen MR) is 108 cm³/mol. The molecule has 0 heterocycles. The molecule has 0 aliphatic rings. The molecule has 0 aliphatic carbocycles. The van der Waals surface area contributed by atoms with Crippen LogP contribution in [0.4, 0.5) is 0 Å². The molecule has 0 bridgehead atoms. The number of unbranched alkanes of at least 4 members (excludes halogenated alkanes) is 17. The number of hydrogen-bond donors (Lipinski definition) is 0. The Hall–Kier alpha value is 0.830. The molecule has 0 atom stereocenters. The van der Waals surface area contributed by atoms with E-state index in [0.717, 1.165) is 12.8 Å². The van der Waals surface area contributed by atoms with Crippen molar-refractivity contribution in [2.24, 2.45) is 0 Å². The fraction of sp³-hybridized carbons (Fsp3) is 1.00. The Labute approximate surface area is 191 Å². The van der Waals surface area contributed by atoms with E-state index in [1.165, 1.54) is 96.3 Å². The monoisotopic (exact) mass is 418 g/mol. The molecule has 0 saturated carbocycles. The quantitative estimate of drug-likeness (QED) is 0.131. The first kappa shape index (κ1) is 32.5. The largest absolute Gasteiger partial charge is 1.00 e. The third-order valence-electron chi connectivity index (χ3n) is 4.73. The van der Waals surface area contributed by atoms with Gasteiger partial charge in [-0.2, -0.15) is 0 Å². The van der Waals surface area contributed by atoms with Crippen LogP contribution in [0.25, 0.3) is 0 Å². The fourth-order valence-corrected chi connectivity index (χ4v) is 3.49. The standard InChI is InChI=1S/C20H42O4S.Na.H2O/c1-2-3-4-5-6-7-8-9-10-11-12-13-14-15-16-17-18-19-20-24-25(21,22)23;;/h2-20H2,1H3,(H,21,22,23);;1H2/q;+1;/p-1. The maximum Gasteiger partial charge on any atom is 1.00 e. The molecule has 0 amide bonds. The van der Waals surface area contributed by atoms with Gasteiger partial charge in [-0.3, -0.25) is 4.18 Å². The Balaban J connectivity index is -0.00000288. The van der Waals surface area contributed by atoms with Crippen molar-refractivity contribution in [3.05, 3.63) is 0 Å². The van der Waals surface area contributed by atoms with Gasteiger partial charge in [0.15, 0.2) is 0 Å². The van der Waals surface area contributed by atoms with Gasteiger partial charge in [0, 0.05) is 0 Å². The van der Waals surface area contributed by atoms with Gasteiger partial charge in [0.2, 0.25) is 10.4 Å². The van der Waals surface area contributed by atoms with Crippen LogP contribution in [-0.2, 0) is 14.6 Å².